The summed E-state index contributed by atoms with van der Waals surface area (Å²) >= 11 is 0. The zero-order valence-electron chi connectivity index (χ0n) is 18.3. The van der Waals surface area contributed by atoms with E-state index < -0.39 is 0 Å². The summed E-state index contributed by atoms with van der Waals surface area (Å²) in [6.07, 6.45) is 1.51. The van der Waals surface area contributed by atoms with Crippen molar-refractivity contribution in [2.24, 2.45) is 0 Å². The Bertz CT molecular complexity index is 1250. The van der Waals surface area contributed by atoms with Crippen LogP contribution in [0.2, 0.25) is 0 Å². The first kappa shape index (κ1) is 21.5. The molecule has 0 aliphatic carbocycles. The minimum absolute atomic E-state index is 0.155. The second kappa shape index (κ2) is 10.1. The fourth-order valence-corrected chi connectivity index (χ4v) is 3.87. The van der Waals surface area contributed by atoms with Crippen molar-refractivity contribution in [1.29, 1.82) is 0 Å². The second-order valence-electron chi connectivity index (χ2n) is 7.87. The Hall–Kier alpha value is -3.73. The van der Waals surface area contributed by atoms with E-state index in [2.05, 4.69) is 17.2 Å². The van der Waals surface area contributed by atoms with Gasteiger partial charge in [0.25, 0.3) is 11.5 Å². The van der Waals surface area contributed by atoms with E-state index in [4.69, 9.17) is 0 Å². The molecule has 5 nitrogen and oxygen atoms in total. The van der Waals surface area contributed by atoms with Crippen LogP contribution in [-0.4, -0.2) is 27.1 Å². The van der Waals surface area contributed by atoms with E-state index in [0.29, 0.717) is 36.1 Å². The molecular formula is C27H27N3O2. The first-order chi connectivity index (χ1) is 15.7. The minimum atomic E-state index is -0.161. The predicted molar refractivity (Wildman–Crippen MR) is 128 cm³/mol. The summed E-state index contributed by atoms with van der Waals surface area (Å²) in [5.41, 5.74) is 2.41. The number of benzene rings is 3. The zero-order valence-corrected chi connectivity index (χ0v) is 18.3. The van der Waals surface area contributed by atoms with Gasteiger partial charge in [-0.3, -0.25) is 9.59 Å². The fourth-order valence-electron chi connectivity index (χ4n) is 3.87. The Kier molecular flexibility index (Phi) is 6.75. The third-order valence-corrected chi connectivity index (χ3v) is 5.52. The summed E-state index contributed by atoms with van der Waals surface area (Å²) in [6.45, 7) is 3.51. The molecule has 1 aromatic heterocycles. The van der Waals surface area contributed by atoms with E-state index in [0.717, 1.165) is 18.4 Å². The number of carbonyl (C=O) groups is 1. The number of hydrogen-bond acceptors (Lipinski definition) is 3. The lowest BCUT2D eigenvalue weighted by Gasteiger charge is -2.23. The zero-order chi connectivity index (χ0) is 22.3. The SMILES string of the molecule is CCCn1nc(C(=O)N(CCc2ccccc2)Cc2ccccc2)c2ccccc2c1=O. The Morgan fingerprint density at radius 2 is 1.44 bits per heavy atom. The quantitative estimate of drug-likeness (QED) is 0.411. The van der Waals surface area contributed by atoms with E-state index in [1.807, 2.05) is 78.6 Å². The Morgan fingerprint density at radius 1 is 0.844 bits per heavy atom. The lowest BCUT2D eigenvalue weighted by molar-refractivity contribution is 0.0738. The maximum absolute atomic E-state index is 13.8. The molecular weight excluding hydrogens is 398 g/mol. The van der Waals surface area contributed by atoms with Crippen LogP contribution in [0.1, 0.15) is 35.0 Å². The van der Waals surface area contributed by atoms with Crippen molar-refractivity contribution in [3.63, 3.8) is 0 Å². The molecule has 5 heteroatoms. The minimum Gasteiger partial charge on any atom is -0.333 e. The largest absolute Gasteiger partial charge is 0.333 e. The van der Waals surface area contributed by atoms with Crippen molar-refractivity contribution in [3.05, 3.63) is 112 Å². The lowest BCUT2D eigenvalue weighted by Crippen LogP contribution is -2.35. The van der Waals surface area contributed by atoms with Crippen molar-refractivity contribution in [3.8, 4) is 0 Å². The van der Waals surface area contributed by atoms with Crippen LogP contribution >= 0.6 is 0 Å². The number of aromatic nitrogens is 2. The molecule has 1 amide bonds. The van der Waals surface area contributed by atoms with Crippen LogP contribution in [-0.2, 0) is 19.5 Å². The molecule has 0 saturated carbocycles. The monoisotopic (exact) mass is 425 g/mol. The van der Waals surface area contributed by atoms with E-state index in [1.54, 1.807) is 6.07 Å². The van der Waals surface area contributed by atoms with Crippen molar-refractivity contribution >= 4 is 16.7 Å². The molecule has 1 heterocycles. The van der Waals surface area contributed by atoms with Gasteiger partial charge in [-0.2, -0.15) is 5.10 Å². The number of aryl methyl sites for hydroxylation is 1. The van der Waals surface area contributed by atoms with Crippen LogP contribution in [0.5, 0.6) is 0 Å². The summed E-state index contributed by atoms with van der Waals surface area (Å²) < 4.78 is 1.42. The molecule has 0 fully saturated rings. The highest BCUT2D eigenvalue weighted by atomic mass is 16.2. The first-order valence-corrected chi connectivity index (χ1v) is 11.0. The van der Waals surface area contributed by atoms with Gasteiger partial charge in [0, 0.05) is 25.0 Å². The number of fused-ring (bicyclic) bond motifs is 1. The average molecular weight is 426 g/mol. The summed E-state index contributed by atoms with van der Waals surface area (Å²) in [6, 6.07) is 27.4. The highest BCUT2D eigenvalue weighted by Crippen LogP contribution is 2.18. The van der Waals surface area contributed by atoms with Gasteiger partial charge >= 0.3 is 0 Å². The molecule has 0 bridgehead atoms. The van der Waals surface area contributed by atoms with Gasteiger partial charge in [0.1, 0.15) is 0 Å². The van der Waals surface area contributed by atoms with Crippen molar-refractivity contribution in [2.75, 3.05) is 6.54 Å². The van der Waals surface area contributed by atoms with Crippen molar-refractivity contribution in [1.82, 2.24) is 14.7 Å². The summed E-state index contributed by atoms with van der Waals surface area (Å²) in [5, 5.41) is 5.65. The molecule has 162 valence electrons. The average Bonchev–Trinajstić information content (AvgIpc) is 2.84. The number of rotatable bonds is 8. The highest BCUT2D eigenvalue weighted by molar-refractivity contribution is 6.04. The molecule has 4 aromatic rings. The molecule has 0 N–H and O–H groups in total. The molecule has 0 spiro atoms. The van der Waals surface area contributed by atoms with Gasteiger partial charge in [-0.05, 0) is 30.0 Å². The molecule has 3 aromatic carbocycles. The van der Waals surface area contributed by atoms with Crippen LogP contribution in [0.3, 0.4) is 0 Å². The van der Waals surface area contributed by atoms with Gasteiger partial charge in [-0.25, -0.2) is 4.68 Å². The predicted octanol–water partition coefficient (Wildman–Crippen LogP) is 4.69. The van der Waals surface area contributed by atoms with Crippen molar-refractivity contribution < 1.29 is 4.79 Å². The topological polar surface area (TPSA) is 55.2 Å². The summed E-state index contributed by atoms with van der Waals surface area (Å²) in [4.78, 5) is 28.5. The Labute approximate surface area is 187 Å². The third-order valence-electron chi connectivity index (χ3n) is 5.52. The molecule has 0 atom stereocenters. The Morgan fingerprint density at radius 3 is 2.09 bits per heavy atom. The maximum atomic E-state index is 13.8. The summed E-state index contributed by atoms with van der Waals surface area (Å²) in [7, 11) is 0. The summed E-state index contributed by atoms with van der Waals surface area (Å²) in [5.74, 6) is -0.161. The van der Waals surface area contributed by atoms with Gasteiger partial charge in [0.15, 0.2) is 5.69 Å². The molecule has 32 heavy (non-hydrogen) atoms. The molecule has 0 aliphatic heterocycles. The van der Waals surface area contributed by atoms with Crippen LogP contribution in [0, 0.1) is 0 Å². The highest BCUT2D eigenvalue weighted by Gasteiger charge is 2.22. The maximum Gasteiger partial charge on any atom is 0.275 e. The number of amides is 1. The van der Waals surface area contributed by atoms with Crippen LogP contribution in [0.4, 0.5) is 0 Å². The second-order valence-corrected chi connectivity index (χ2v) is 7.87. The third kappa shape index (κ3) is 4.78. The normalized spacial score (nSPS) is 10.9. The number of nitrogens with zero attached hydrogens (tertiary/aromatic N) is 3. The molecule has 0 aliphatic rings. The van der Waals surface area contributed by atoms with Gasteiger partial charge in [0.2, 0.25) is 0 Å². The first-order valence-electron chi connectivity index (χ1n) is 11.0. The van der Waals surface area contributed by atoms with Gasteiger partial charge in [-0.1, -0.05) is 85.8 Å². The van der Waals surface area contributed by atoms with E-state index >= 15 is 0 Å². The van der Waals surface area contributed by atoms with Crippen LogP contribution in [0.15, 0.2) is 89.7 Å². The van der Waals surface area contributed by atoms with Crippen LogP contribution < -0.4 is 5.56 Å². The van der Waals surface area contributed by atoms with Gasteiger partial charge < -0.3 is 4.90 Å². The molecule has 0 saturated heterocycles. The smallest absolute Gasteiger partial charge is 0.275 e. The van der Waals surface area contributed by atoms with Gasteiger partial charge in [-0.15, -0.1) is 0 Å². The van der Waals surface area contributed by atoms with Crippen molar-refractivity contribution in [2.45, 2.75) is 32.9 Å². The van der Waals surface area contributed by atoms with E-state index in [-0.39, 0.29) is 11.5 Å². The molecule has 4 rings (SSSR count). The van der Waals surface area contributed by atoms with Crippen LogP contribution in [0.25, 0.3) is 10.8 Å². The van der Waals surface area contributed by atoms with Gasteiger partial charge in [0.05, 0.1) is 5.39 Å². The van der Waals surface area contributed by atoms with E-state index in [1.165, 1.54) is 10.2 Å². The standard InChI is InChI=1S/C27H27N3O2/c1-2-18-30-26(31)24-16-10-9-15-23(24)25(28-30)27(32)29(20-22-13-7-4-8-14-22)19-17-21-11-5-3-6-12-21/h3-16H,2,17-20H2,1H3. The molecule has 0 radical (unpaired) electrons. The molecule has 0 unspecified atom stereocenters. The fraction of sp³-hybridized carbons (Fsp3) is 0.222. The number of carbonyl (C=O) groups excluding carboxylic acids is 1. The Balaban J connectivity index is 1.73. The number of hydrogen-bond donors (Lipinski definition) is 0. The lowest BCUT2D eigenvalue weighted by atomic mass is 10.1. The van der Waals surface area contributed by atoms with E-state index in [9.17, 15) is 9.59 Å².